The van der Waals surface area contributed by atoms with Crippen molar-refractivity contribution in [1.82, 2.24) is 15.2 Å². The first kappa shape index (κ1) is 21.9. The first-order valence-corrected chi connectivity index (χ1v) is 11.4. The van der Waals surface area contributed by atoms with Gasteiger partial charge in [0.1, 0.15) is 5.82 Å². The maximum atomic E-state index is 11.5. The SMILES string of the molecule is CN=C(NCc1cccnc1N1CCC(C(N)=O)CC1)N1CCN(c2ccccc2)CC1. The number of carbonyl (C=O) groups excluding carboxylic acids is 1. The third-order valence-corrected chi connectivity index (χ3v) is 6.41. The van der Waals surface area contributed by atoms with Crippen LogP contribution in [0.25, 0.3) is 0 Å². The van der Waals surface area contributed by atoms with Gasteiger partial charge in [-0.25, -0.2) is 4.98 Å². The summed E-state index contributed by atoms with van der Waals surface area (Å²) in [6.45, 7) is 6.05. The average molecular weight is 436 g/mol. The van der Waals surface area contributed by atoms with Gasteiger partial charge in [-0.1, -0.05) is 24.3 Å². The second-order valence-corrected chi connectivity index (χ2v) is 8.36. The summed E-state index contributed by atoms with van der Waals surface area (Å²) in [5.74, 6) is 1.68. The predicted octanol–water partition coefficient (Wildman–Crippen LogP) is 1.68. The number of aromatic nitrogens is 1. The lowest BCUT2D eigenvalue weighted by molar-refractivity contribution is -0.122. The molecule has 170 valence electrons. The Hall–Kier alpha value is -3.29. The number of anilines is 2. The lowest BCUT2D eigenvalue weighted by Crippen LogP contribution is -2.52. The van der Waals surface area contributed by atoms with E-state index in [0.717, 1.165) is 69.5 Å². The summed E-state index contributed by atoms with van der Waals surface area (Å²) < 4.78 is 0. The van der Waals surface area contributed by atoms with Gasteiger partial charge in [0.2, 0.25) is 5.91 Å². The van der Waals surface area contributed by atoms with Gasteiger partial charge in [0, 0.05) is 76.2 Å². The Morgan fingerprint density at radius 3 is 2.41 bits per heavy atom. The number of hydrogen-bond acceptors (Lipinski definition) is 5. The zero-order valence-corrected chi connectivity index (χ0v) is 18.8. The van der Waals surface area contributed by atoms with E-state index in [4.69, 9.17) is 5.73 Å². The van der Waals surface area contributed by atoms with Crippen LogP contribution >= 0.6 is 0 Å². The standard InChI is InChI=1S/C24H33N7O/c1-26-24(31-16-14-29(15-17-31)21-7-3-2-4-8-21)28-18-20-6-5-11-27-23(20)30-12-9-19(10-13-30)22(25)32/h2-8,11,19H,9-10,12-18H2,1H3,(H2,25,32)(H,26,28). The maximum Gasteiger partial charge on any atom is 0.220 e. The summed E-state index contributed by atoms with van der Waals surface area (Å²) in [5, 5.41) is 3.53. The summed E-state index contributed by atoms with van der Waals surface area (Å²) in [6.07, 6.45) is 3.40. The molecule has 1 aromatic heterocycles. The van der Waals surface area contributed by atoms with Crippen LogP contribution in [0.1, 0.15) is 18.4 Å². The third-order valence-electron chi connectivity index (χ3n) is 6.41. The molecule has 2 fully saturated rings. The van der Waals surface area contributed by atoms with E-state index < -0.39 is 0 Å². The highest BCUT2D eigenvalue weighted by Crippen LogP contribution is 2.24. The molecule has 0 bridgehead atoms. The number of amides is 1. The third kappa shape index (κ3) is 5.12. The van der Waals surface area contributed by atoms with Crippen LogP contribution in [0.3, 0.4) is 0 Å². The number of benzene rings is 1. The first-order valence-electron chi connectivity index (χ1n) is 11.4. The number of aliphatic imine (C=N–C) groups is 1. The molecule has 3 heterocycles. The smallest absolute Gasteiger partial charge is 0.220 e. The highest BCUT2D eigenvalue weighted by atomic mass is 16.1. The lowest BCUT2D eigenvalue weighted by Gasteiger charge is -2.38. The van der Waals surface area contributed by atoms with E-state index in [1.807, 2.05) is 19.3 Å². The van der Waals surface area contributed by atoms with Crippen molar-refractivity contribution in [3.8, 4) is 0 Å². The van der Waals surface area contributed by atoms with Gasteiger partial charge in [-0.15, -0.1) is 0 Å². The molecule has 0 aliphatic carbocycles. The summed E-state index contributed by atoms with van der Waals surface area (Å²) in [4.78, 5) is 27.6. The summed E-state index contributed by atoms with van der Waals surface area (Å²) in [7, 11) is 1.84. The van der Waals surface area contributed by atoms with Crippen molar-refractivity contribution < 1.29 is 4.79 Å². The number of piperazine rings is 1. The van der Waals surface area contributed by atoms with Crippen LogP contribution in [0, 0.1) is 5.92 Å². The van der Waals surface area contributed by atoms with Gasteiger partial charge >= 0.3 is 0 Å². The van der Waals surface area contributed by atoms with Crippen molar-refractivity contribution in [1.29, 1.82) is 0 Å². The molecule has 3 N–H and O–H groups in total. The molecule has 0 saturated carbocycles. The monoisotopic (exact) mass is 435 g/mol. The second kappa shape index (κ2) is 10.3. The molecule has 0 unspecified atom stereocenters. The predicted molar refractivity (Wildman–Crippen MR) is 129 cm³/mol. The van der Waals surface area contributed by atoms with E-state index in [1.165, 1.54) is 5.69 Å². The molecule has 8 nitrogen and oxygen atoms in total. The van der Waals surface area contributed by atoms with Crippen molar-refractivity contribution in [3.63, 3.8) is 0 Å². The van der Waals surface area contributed by atoms with Crippen molar-refractivity contribution in [2.75, 3.05) is 56.1 Å². The molecule has 1 aromatic carbocycles. The summed E-state index contributed by atoms with van der Waals surface area (Å²) in [5.41, 5.74) is 7.89. The molecule has 2 saturated heterocycles. The zero-order valence-electron chi connectivity index (χ0n) is 18.8. The highest BCUT2D eigenvalue weighted by molar-refractivity contribution is 5.80. The average Bonchev–Trinajstić information content (AvgIpc) is 2.86. The Bertz CT molecular complexity index is 917. The summed E-state index contributed by atoms with van der Waals surface area (Å²) >= 11 is 0. The van der Waals surface area contributed by atoms with Gasteiger partial charge in [-0.05, 0) is 31.0 Å². The minimum atomic E-state index is -0.191. The van der Waals surface area contributed by atoms with Crippen LogP contribution in [0.4, 0.5) is 11.5 Å². The van der Waals surface area contributed by atoms with E-state index in [-0.39, 0.29) is 11.8 Å². The topological polar surface area (TPSA) is 90.1 Å². The van der Waals surface area contributed by atoms with Crippen molar-refractivity contribution in [3.05, 3.63) is 54.2 Å². The van der Waals surface area contributed by atoms with E-state index in [2.05, 4.69) is 66.4 Å². The van der Waals surface area contributed by atoms with E-state index in [0.29, 0.717) is 6.54 Å². The van der Waals surface area contributed by atoms with E-state index in [9.17, 15) is 4.79 Å². The van der Waals surface area contributed by atoms with Crippen LogP contribution in [-0.4, -0.2) is 68.1 Å². The molecule has 2 aliphatic heterocycles. The fourth-order valence-corrected chi connectivity index (χ4v) is 4.55. The Kier molecular flexibility index (Phi) is 7.09. The number of para-hydroxylation sites is 1. The molecule has 0 spiro atoms. The molecule has 2 aromatic rings. The molecule has 0 radical (unpaired) electrons. The number of piperidine rings is 1. The Morgan fingerprint density at radius 2 is 1.75 bits per heavy atom. The molecule has 8 heteroatoms. The minimum Gasteiger partial charge on any atom is -0.369 e. The molecule has 32 heavy (non-hydrogen) atoms. The van der Waals surface area contributed by atoms with Gasteiger partial charge in [0.15, 0.2) is 5.96 Å². The van der Waals surface area contributed by atoms with Gasteiger partial charge in [0.25, 0.3) is 0 Å². The quantitative estimate of drug-likeness (QED) is 0.549. The number of pyridine rings is 1. The number of hydrogen-bond donors (Lipinski definition) is 2. The van der Waals surface area contributed by atoms with Gasteiger partial charge < -0.3 is 25.8 Å². The first-order chi connectivity index (χ1) is 15.7. The fourth-order valence-electron chi connectivity index (χ4n) is 4.55. The normalized spacial score (nSPS) is 18.0. The van der Waals surface area contributed by atoms with Crippen molar-refractivity contribution >= 4 is 23.4 Å². The van der Waals surface area contributed by atoms with Gasteiger partial charge in [0.05, 0.1) is 0 Å². The van der Waals surface area contributed by atoms with Crippen molar-refractivity contribution in [2.24, 2.45) is 16.6 Å². The van der Waals surface area contributed by atoms with Crippen LogP contribution < -0.4 is 20.9 Å². The van der Waals surface area contributed by atoms with Crippen LogP contribution in [0.5, 0.6) is 0 Å². The number of primary amides is 1. The number of carbonyl (C=O) groups is 1. The zero-order chi connectivity index (χ0) is 22.3. The largest absolute Gasteiger partial charge is 0.369 e. The molecule has 0 atom stereocenters. The highest BCUT2D eigenvalue weighted by Gasteiger charge is 2.25. The number of nitrogens with two attached hydrogens (primary N) is 1. The van der Waals surface area contributed by atoms with Crippen LogP contribution in [0.2, 0.25) is 0 Å². The molecular formula is C24H33N7O. The number of nitrogens with one attached hydrogen (secondary N) is 1. The second-order valence-electron chi connectivity index (χ2n) is 8.36. The Morgan fingerprint density at radius 1 is 1.03 bits per heavy atom. The minimum absolute atomic E-state index is 0.0232. The maximum absolute atomic E-state index is 11.5. The Labute approximate surface area is 190 Å². The number of nitrogens with zero attached hydrogens (tertiary/aromatic N) is 5. The van der Waals surface area contributed by atoms with Crippen molar-refractivity contribution in [2.45, 2.75) is 19.4 Å². The fraction of sp³-hybridized carbons (Fsp3) is 0.458. The van der Waals surface area contributed by atoms with Crippen LogP contribution in [0.15, 0.2) is 53.7 Å². The summed E-state index contributed by atoms with van der Waals surface area (Å²) in [6, 6.07) is 14.6. The molecule has 2 aliphatic rings. The molecular weight excluding hydrogens is 402 g/mol. The van der Waals surface area contributed by atoms with Gasteiger partial charge in [-0.3, -0.25) is 9.79 Å². The number of rotatable bonds is 5. The molecule has 4 rings (SSSR count). The lowest BCUT2D eigenvalue weighted by atomic mass is 9.96. The van der Waals surface area contributed by atoms with Gasteiger partial charge in [-0.2, -0.15) is 0 Å². The number of guanidine groups is 1. The van der Waals surface area contributed by atoms with E-state index in [1.54, 1.807) is 0 Å². The molecule has 1 amide bonds. The van der Waals surface area contributed by atoms with Crippen LogP contribution in [-0.2, 0) is 11.3 Å². The van der Waals surface area contributed by atoms with E-state index >= 15 is 0 Å². The Balaban J connectivity index is 1.34.